The van der Waals surface area contributed by atoms with Crippen LogP contribution in [0, 0.1) is 6.92 Å². The molecule has 1 aromatic carbocycles. The van der Waals surface area contributed by atoms with Gasteiger partial charge in [-0.05, 0) is 24.5 Å². The van der Waals surface area contributed by atoms with E-state index in [1.54, 1.807) is 0 Å². The number of hydrogen-bond donors (Lipinski definition) is 2. The van der Waals surface area contributed by atoms with E-state index in [0.717, 1.165) is 24.2 Å². The van der Waals surface area contributed by atoms with Crippen LogP contribution in [0.2, 0.25) is 0 Å². The monoisotopic (exact) mass is 247 g/mol. The third kappa shape index (κ3) is 2.20. The molecular weight excluding hydrogens is 226 g/mol. The van der Waals surface area contributed by atoms with E-state index in [4.69, 9.17) is 5.73 Å². The minimum Gasteiger partial charge on any atom is -0.357 e. The van der Waals surface area contributed by atoms with Gasteiger partial charge in [0.05, 0.1) is 0 Å². The van der Waals surface area contributed by atoms with Crippen LogP contribution in [0.4, 0.5) is 5.69 Å². The Morgan fingerprint density at radius 1 is 1.50 bits per heavy atom. The lowest BCUT2D eigenvalue weighted by molar-refractivity contribution is -0.123. The predicted octanol–water partition coefficient (Wildman–Crippen LogP) is 1.17. The van der Waals surface area contributed by atoms with Gasteiger partial charge >= 0.3 is 0 Å². The van der Waals surface area contributed by atoms with Gasteiger partial charge in [-0.3, -0.25) is 4.79 Å². The van der Waals surface area contributed by atoms with E-state index in [2.05, 4.69) is 23.2 Å². The Kier molecular flexibility index (Phi) is 3.87. The Bertz CT molecular complexity index is 445. The van der Waals surface area contributed by atoms with Crippen LogP contribution in [0.3, 0.4) is 0 Å². The third-order valence-corrected chi connectivity index (χ3v) is 3.55. The number of piperazine rings is 1. The van der Waals surface area contributed by atoms with E-state index in [-0.39, 0.29) is 11.9 Å². The molecule has 0 saturated carbocycles. The fourth-order valence-corrected chi connectivity index (χ4v) is 2.68. The summed E-state index contributed by atoms with van der Waals surface area (Å²) in [7, 11) is 0. The number of anilines is 1. The SMILES string of the molecule is CCC1C(=O)NCCN1c1c(C)cccc1CN. The highest BCUT2D eigenvalue weighted by molar-refractivity contribution is 5.87. The Morgan fingerprint density at radius 2 is 2.28 bits per heavy atom. The second kappa shape index (κ2) is 5.40. The second-order valence-corrected chi connectivity index (χ2v) is 4.70. The lowest BCUT2D eigenvalue weighted by Gasteiger charge is -2.38. The van der Waals surface area contributed by atoms with Crippen molar-refractivity contribution < 1.29 is 4.79 Å². The van der Waals surface area contributed by atoms with E-state index in [9.17, 15) is 4.79 Å². The van der Waals surface area contributed by atoms with Crippen LogP contribution in [-0.2, 0) is 11.3 Å². The van der Waals surface area contributed by atoms with Crippen LogP contribution in [0.1, 0.15) is 24.5 Å². The Balaban J connectivity index is 2.43. The number of nitrogens with zero attached hydrogens (tertiary/aromatic N) is 1. The fourth-order valence-electron chi connectivity index (χ4n) is 2.68. The molecule has 1 fully saturated rings. The molecule has 1 heterocycles. The second-order valence-electron chi connectivity index (χ2n) is 4.70. The molecular formula is C14H21N3O. The molecule has 1 amide bonds. The number of hydrogen-bond acceptors (Lipinski definition) is 3. The lowest BCUT2D eigenvalue weighted by atomic mass is 10.0. The number of amides is 1. The van der Waals surface area contributed by atoms with Gasteiger partial charge in [-0.25, -0.2) is 0 Å². The minimum atomic E-state index is -0.0786. The van der Waals surface area contributed by atoms with Gasteiger partial charge in [-0.1, -0.05) is 25.1 Å². The summed E-state index contributed by atoms with van der Waals surface area (Å²) in [5.74, 6) is 0.120. The molecule has 2 rings (SSSR count). The first-order chi connectivity index (χ1) is 8.69. The number of carbonyl (C=O) groups is 1. The maximum absolute atomic E-state index is 11.9. The van der Waals surface area contributed by atoms with Crippen LogP contribution in [-0.4, -0.2) is 25.0 Å². The van der Waals surface area contributed by atoms with E-state index in [1.165, 1.54) is 5.56 Å². The van der Waals surface area contributed by atoms with Gasteiger partial charge in [-0.2, -0.15) is 0 Å². The van der Waals surface area contributed by atoms with Crippen molar-refractivity contribution in [2.45, 2.75) is 32.9 Å². The molecule has 1 aromatic rings. The molecule has 1 atom stereocenters. The molecule has 0 aliphatic carbocycles. The van der Waals surface area contributed by atoms with Crippen LogP contribution in [0.25, 0.3) is 0 Å². The normalized spacial score (nSPS) is 19.8. The highest BCUT2D eigenvalue weighted by atomic mass is 16.2. The first kappa shape index (κ1) is 12.9. The van der Waals surface area contributed by atoms with Crippen LogP contribution < -0.4 is 16.0 Å². The van der Waals surface area contributed by atoms with Gasteiger partial charge in [0.2, 0.25) is 5.91 Å². The molecule has 1 saturated heterocycles. The van der Waals surface area contributed by atoms with Crippen molar-refractivity contribution in [3.05, 3.63) is 29.3 Å². The highest BCUT2D eigenvalue weighted by Gasteiger charge is 2.29. The Morgan fingerprint density at radius 3 is 2.94 bits per heavy atom. The van der Waals surface area contributed by atoms with E-state index < -0.39 is 0 Å². The molecule has 0 bridgehead atoms. The quantitative estimate of drug-likeness (QED) is 0.843. The van der Waals surface area contributed by atoms with Gasteiger partial charge in [0, 0.05) is 25.3 Å². The van der Waals surface area contributed by atoms with Crippen molar-refractivity contribution in [3.8, 4) is 0 Å². The molecule has 4 heteroatoms. The van der Waals surface area contributed by atoms with Crippen molar-refractivity contribution in [2.75, 3.05) is 18.0 Å². The molecule has 1 aliphatic heterocycles. The molecule has 1 aliphatic rings. The molecule has 3 N–H and O–H groups in total. The number of benzene rings is 1. The molecule has 0 radical (unpaired) electrons. The minimum absolute atomic E-state index is 0.0786. The number of rotatable bonds is 3. The van der Waals surface area contributed by atoms with Crippen LogP contribution in [0.5, 0.6) is 0 Å². The summed E-state index contributed by atoms with van der Waals surface area (Å²) in [6, 6.07) is 6.06. The fraction of sp³-hybridized carbons (Fsp3) is 0.500. The smallest absolute Gasteiger partial charge is 0.242 e. The maximum atomic E-state index is 11.9. The largest absolute Gasteiger partial charge is 0.357 e. The topological polar surface area (TPSA) is 58.4 Å². The number of aryl methyl sites for hydroxylation is 1. The van der Waals surface area contributed by atoms with Crippen molar-refractivity contribution in [2.24, 2.45) is 5.73 Å². The molecule has 0 aromatic heterocycles. The zero-order chi connectivity index (χ0) is 13.1. The van der Waals surface area contributed by atoms with E-state index in [1.807, 2.05) is 19.1 Å². The van der Waals surface area contributed by atoms with Crippen molar-refractivity contribution in [3.63, 3.8) is 0 Å². The summed E-state index contributed by atoms with van der Waals surface area (Å²) in [4.78, 5) is 14.1. The number of carbonyl (C=O) groups excluding carboxylic acids is 1. The molecule has 1 unspecified atom stereocenters. The Labute approximate surface area is 108 Å². The molecule has 0 spiro atoms. The van der Waals surface area contributed by atoms with Gasteiger partial charge in [0.1, 0.15) is 6.04 Å². The van der Waals surface area contributed by atoms with Crippen molar-refractivity contribution >= 4 is 11.6 Å². The van der Waals surface area contributed by atoms with Gasteiger partial charge in [-0.15, -0.1) is 0 Å². The van der Waals surface area contributed by atoms with Gasteiger partial charge in [0.25, 0.3) is 0 Å². The number of nitrogens with one attached hydrogen (secondary N) is 1. The average molecular weight is 247 g/mol. The summed E-state index contributed by atoms with van der Waals surface area (Å²) in [5.41, 5.74) is 9.26. The summed E-state index contributed by atoms with van der Waals surface area (Å²) in [5, 5.41) is 2.93. The average Bonchev–Trinajstić information content (AvgIpc) is 2.38. The molecule has 98 valence electrons. The van der Waals surface area contributed by atoms with Crippen LogP contribution >= 0.6 is 0 Å². The zero-order valence-electron chi connectivity index (χ0n) is 11.1. The van der Waals surface area contributed by atoms with Gasteiger partial charge in [0.15, 0.2) is 0 Å². The first-order valence-corrected chi connectivity index (χ1v) is 6.52. The summed E-state index contributed by atoms with van der Waals surface area (Å²) < 4.78 is 0. The van der Waals surface area contributed by atoms with Crippen molar-refractivity contribution in [1.82, 2.24) is 5.32 Å². The summed E-state index contributed by atoms with van der Waals surface area (Å²) >= 11 is 0. The maximum Gasteiger partial charge on any atom is 0.242 e. The van der Waals surface area contributed by atoms with E-state index in [0.29, 0.717) is 13.1 Å². The van der Waals surface area contributed by atoms with Gasteiger partial charge < -0.3 is 16.0 Å². The highest BCUT2D eigenvalue weighted by Crippen LogP contribution is 2.28. The Hall–Kier alpha value is -1.55. The predicted molar refractivity (Wildman–Crippen MR) is 73.5 cm³/mol. The van der Waals surface area contributed by atoms with E-state index >= 15 is 0 Å². The number of para-hydroxylation sites is 1. The molecule has 18 heavy (non-hydrogen) atoms. The third-order valence-electron chi connectivity index (χ3n) is 3.55. The summed E-state index contributed by atoms with van der Waals surface area (Å²) in [6.07, 6.45) is 0.810. The standard InChI is InChI=1S/C14H21N3O/c1-3-12-14(18)16-7-8-17(12)13-10(2)5-4-6-11(13)9-15/h4-6,12H,3,7-9,15H2,1-2H3,(H,16,18). The first-order valence-electron chi connectivity index (χ1n) is 6.52. The van der Waals surface area contributed by atoms with Crippen LogP contribution in [0.15, 0.2) is 18.2 Å². The zero-order valence-corrected chi connectivity index (χ0v) is 11.1. The number of nitrogens with two attached hydrogens (primary N) is 1. The van der Waals surface area contributed by atoms with Crippen molar-refractivity contribution in [1.29, 1.82) is 0 Å². The molecule has 4 nitrogen and oxygen atoms in total. The lowest BCUT2D eigenvalue weighted by Crippen LogP contribution is -2.55. The summed E-state index contributed by atoms with van der Waals surface area (Å²) in [6.45, 7) is 6.18.